The predicted octanol–water partition coefficient (Wildman–Crippen LogP) is 3.55. The molecule has 1 aromatic carbocycles. The highest BCUT2D eigenvalue weighted by Gasteiger charge is 2.08. The van der Waals surface area contributed by atoms with Crippen LogP contribution in [0, 0.1) is 12.3 Å². The van der Waals surface area contributed by atoms with Gasteiger partial charge in [-0.2, -0.15) is 0 Å². The molecule has 3 N–H and O–H groups in total. The molecular weight excluding hydrogens is 222 g/mol. The van der Waals surface area contributed by atoms with E-state index in [-0.39, 0.29) is 0 Å². The average Bonchev–Trinajstić information content (AvgIpc) is 2.26. The Hall–Kier alpha value is -1.51. The minimum Gasteiger partial charge on any atom is -0.370 e. The molecule has 0 bridgehead atoms. The summed E-state index contributed by atoms with van der Waals surface area (Å²) in [5.41, 5.74) is 8.42. The number of nitrogens with zero attached hydrogens (tertiary/aromatic N) is 1. The summed E-state index contributed by atoms with van der Waals surface area (Å²) in [5, 5.41) is 3.09. The molecule has 3 heteroatoms. The Morgan fingerprint density at radius 2 is 1.83 bits per heavy atom. The summed E-state index contributed by atoms with van der Waals surface area (Å²) in [6.07, 6.45) is 2.23. The minimum atomic E-state index is 0.370. The van der Waals surface area contributed by atoms with Gasteiger partial charge in [-0.05, 0) is 37.3 Å². The standard InChI is InChI=1S/C15H25N3/c1-12-6-8-13(9-7-12)18-14(16)17-11-5-10-15(2,3)4/h6-9H,5,10-11H2,1-4H3,(H3,16,17,18). The molecule has 0 unspecified atom stereocenters. The summed E-state index contributed by atoms with van der Waals surface area (Å²) in [7, 11) is 0. The first-order valence-corrected chi connectivity index (χ1v) is 6.50. The number of aliphatic imine (C=N–C) groups is 1. The lowest BCUT2D eigenvalue weighted by atomic mass is 9.91. The molecule has 0 aliphatic heterocycles. The maximum absolute atomic E-state index is 5.83. The zero-order chi connectivity index (χ0) is 13.6. The molecule has 0 amide bonds. The van der Waals surface area contributed by atoms with Crippen molar-refractivity contribution in [2.45, 2.75) is 40.5 Å². The van der Waals surface area contributed by atoms with Gasteiger partial charge in [0.1, 0.15) is 0 Å². The van der Waals surface area contributed by atoms with Gasteiger partial charge in [0.05, 0.1) is 0 Å². The van der Waals surface area contributed by atoms with E-state index in [4.69, 9.17) is 5.73 Å². The fourth-order valence-corrected chi connectivity index (χ4v) is 1.63. The zero-order valence-corrected chi connectivity index (χ0v) is 12.0. The molecule has 0 aliphatic carbocycles. The van der Waals surface area contributed by atoms with Crippen molar-refractivity contribution in [3.63, 3.8) is 0 Å². The van der Waals surface area contributed by atoms with Crippen molar-refractivity contribution in [2.24, 2.45) is 16.1 Å². The first-order valence-electron chi connectivity index (χ1n) is 6.50. The number of hydrogen-bond donors (Lipinski definition) is 2. The first kappa shape index (κ1) is 14.6. The van der Waals surface area contributed by atoms with Crippen LogP contribution in [0.15, 0.2) is 29.3 Å². The monoisotopic (exact) mass is 247 g/mol. The molecule has 0 radical (unpaired) electrons. The molecule has 0 fully saturated rings. The number of rotatable bonds is 4. The molecule has 1 rings (SSSR count). The van der Waals surface area contributed by atoms with Crippen molar-refractivity contribution in [2.75, 3.05) is 11.9 Å². The molecule has 0 aliphatic rings. The number of hydrogen-bond acceptors (Lipinski definition) is 1. The number of nitrogens with one attached hydrogen (secondary N) is 1. The highest BCUT2D eigenvalue weighted by Crippen LogP contribution is 2.20. The molecule has 3 nitrogen and oxygen atoms in total. The van der Waals surface area contributed by atoms with Crippen LogP contribution in [0.2, 0.25) is 0 Å². The first-order chi connectivity index (χ1) is 8.37. The van der Waals surface area contributed by atoms with E-state index in [1.165, 1.54) is 5.56 Å². The Labute approximate surface area is 111 Å². The van der Waals surface area contributed by atoms with E-state index in [2.05, 4.69) is 50.1 Å². The molecule has 0 aromatic heterocycles. The zero-order valence-electron chi connectivity index (χ0n) is 12.0. The quantitative estimate of drug-likeness (QED) is 0.485. The van der Waals surface area contributed by atoms with Crippen molar-refractivity contribution < 1.29 is 0 Å². The second-order valence-corrected chi connectivity index (χ2v) is 5.92. The Balaban J connectivity index is 2.36. The van der Waals surface area contributed by atoms with Crippen LogP contribution in [0.4, 0.5) is 5.69 Å². The van der Waals surface area contributed by atoms with Crippen LogP contribution >= 0.6 is 0 Å². The molecule has 0 saturated carbocycles. The van der Waals surface area contributed by atoms with Crippen LogP contribution in [-0.2, 0) is 0 Å². The average molecular weight is 247 g/mol. The van der Waals surface area contributed by atoms with E-state index in [0.29, 0.717) is 11.4 Å². The fourth-order valence-electron chi connectivity index (χ4n) is 1.63. The van der Waals surface area contributed by atoms with E-state index in [1.807, 2.05) is 12.1 Å². The largest absolute Gasteiger partial charge is 0.370 e. The van der Waals surface area contributed by atoms with Gasteiger partial charge in [-0.1, -0.05) is 38.5 Å². The summed E-state index contributed by atoms with van der Waals surface area (Å²) in [6.45, 7) is 9.57. The lowest BCUT2D eigenvalue weighted by Crippen LogP contribution is -2.23. The highest BCUT2D eigenvalue weighted by molar-refractivity contribution is 5.92. The third kappa shape index (κ3) is 6.28. The van der Waals surface area contributed by atoms with E-state index >= 15 is 0 Å². The van der Waals surface area contributed by atoms with Crippen LogP contribution in [0.5, 0.6) is 0 Å². The molecule has 1 aromatic rings. The molecule has 100 valence electrons. The molecule has 0 atom stereocenters. The highest BCUT2D eigenvalue weighted by atomic mass is 15.1. The van der Waals surface area contributed by atoms with E-state index in [0.717, 1.165) is 25.1 Å². The van der Waals surface area contributed by atoms with Crippen molar-refractivity contribution in [1.82, 2.24) is 0 Å². The lowest BCUT2D eigenvalue weighted by molar-refractivity contribution is 0.368. The SMILES string of the molecule is Cc1ccc(NC(N)=NCCCC(C)(C)C)cc1. The molecule has 0 heterocycles. The Kier molecular flexibility index (Phi) is 5.20. The number of guanidine groups is 1. The third-order valence-electron chi connectivity index (χ3n) is 2.69. The van der Waals surface area contributed by atoms with Gasteiger partial charge in [-0.25, -0.2) is 0 Å². The molecular formula is C15H25N3. The van der Waals surface area contributed by atoms with E-state index < -0.39 is 0 Å². The van der Waals surface area contributed by atoms with Crippen molar-refractivity contribution in [1.29, 1.82) is 0 Å². The summed E-state index contributed by atoms with van der Waals surface area (Å²) < 4.78 is 0. The lowest BCUT2D eigenvalue weighted by Gasteiger charge is -2.16. The second-order valence-electron chi connectivity index (χ2n) is 5.92. The summed E-state index contributed by atoms with van der Waals surface area (Å²) in [5.74, 6) is 0.493. The van der Waals surface area contributed by atoms with Gasteiger partial charge in [0.2, 0.25) is 0 Å². The summed E-state index contributed by atoms with van der Waals surface area (Å²) in [6, 6.07) is 8.12. The topological polar surface area (TPSA) is 50.4 Å². The number of benzene rings is 1. The Morgan fingerprint density at radius 3 is 2.39 bits per heavy atom. The van der Waals surface area contributed by atoms with Crippen LogP contribution in [0.25, 0.3) is 0 Å². The van der Waals surface area contributed by atoms with Crippen LogP contribution in [0.1, 0.15) is 39.2 Å². The maximum atomic E-state index is 5.83. The fraction of sp³-hybridized carbons (Fsp3) is 0.533. The van der Waals surface area contributed by atoms with Crippen LogP contribution in [0.3, 0.4) is 0 Å². The maximum Gasteiger partial charge on any atom is 0.193 e. The van der Waals surface area contributed by atoms with Gasteiger partial charge < -0.3 is 11.1 Å². The number of anilines is 1. The van der Waals surface area contributed by atoms with Gasteiger partial charge in [-0.3, -0.25) is 4.99 Å². The van der Waals surface area contributed by atoms with Gasteiger partial charge in [0.25, 0.3) is 0 Å². The van der Waals surface area contributed by atoms with Crippen LogP contribution in [-0.4, -0.2) is 12.5 Å². The molecule has 18 heavy (non-hydrogen) atoms. The van der Waals surface area contributed by atoms with Gasteiger partial charge in [0.15, 0.2) is 5.96 Å². The van der Waals surface area contributed by atoms with E-state index in [9.17, 15) is 0 Å². The van der Waals surface area contributed by atoms with Gasteiger partial charge >= 0.3 is 0 Å². The summed E-state index contributed by atoms with van der Waals surface area (Å²) >= 11 is 0. The van der Waals surface area contributed by atoms with Crippen LogP contribution < -0.4 is 11.1 Å². The Morgan fingerprint density at radius 1 is 1.22 bits per heavy atom. The Bertz CT molecular complexity index is 385. The normalized spacial score (nSPS) is 12.6. The summed E-state index contributed by atoms with van der Waals surface area (Å²) in [4.78, 5) is 4.33. The van der Waals surface area contributed by atoms with Crippen molar-refractivity contribution in [3.05, 3.63) is 29.8 Å². The number of aryl methyl sites for hydroxylation is 1. The van der Waals surface area contributed by atoms with E-state index in [1.54, 1.807) is 0 Å². The van der Waals surface area contributed by atoms with Crippen molar-refractivity contribution >= 4 is 11.6 Å². The van der Waals surface area contributed by atoms with Gasteiger partial charge in [0, 0.05) is 12.2 Å². The second kappa shape index (κ2) is 6.43. The predicted molar refractivity (Wildman–Crippen MR) is 80.0 cm³/mol. The number of nitrogens with two attached hydrogens (primary N) is 1. The molecule has 0 saturated heterocycles. The van der Waals surface area contributed by atoms with Crippen molar-refractivity contribution in [3.8, 4) is 0 Å². The molecule has 0 spiro atoms. The van der Waals surface area contributed by atoms with Gasteiger partial charge in [-0.15, -0.1) is 0 Å². The smallest absolute Gasteiger partial charge is 0.193 e. The minimum absolute atomic E-state index is 0.370. The third-order valence-corrected chi connectivity index (χ3v) is 2.69.